The van der Waals surface area contributed by atoms with E-state index in [1.807, 2.05) is 55.5 Å². The molecule has 1 aliphatic rings. The molecule has 1 unspecified atom stereocenters. The van der Waals surface area contributed by atoms with Crippen LogP contribution in [0, 0.1) is 6.92 Å². The number of benzene rings is 2. The van der Waals surface area contributed by atoms with Crippen LogP contribution in [0.1, 0.15) is 54.8 Å². The third-order valence-corrected chi connectivity index (χ3v) is 6.08. The molecule has 0 radical (unpaired) electrons. The monoisotopic (exact) mass is 442 g/mol. The Bertz CT molecular complexity index is 861. The van der Waals surface area contributed by atoms with Gasteiger partial charge in [0.25, 0.3) is 0 Å². The molecule has 0 aliphatic heterocycles. The third-order valence-electron chi connectivity index (χ3n) is 5.85. The molecule has 2 aromatic rings. The molecule has 2 aromatic carbocycles. The van der Waals surface area contributed by atoms with Crippen LogP contribution in [0.3, 0.4) is 0 Å². The second-order valence-electron chi connectivity index (χ2n) is 8.16. The van der Waals surface area contributed by atoms with Crippen LogP contribution in [-0.2, 0) is 16.1 Å². The summed E-state index contributed by atoms with van der Waals surface area (Å²) in [6.07, 6.45) is 5.39. The second kappa shape index (κ2) is 11.2. The number of nitrogens with one attached hydrogen (secondary N) is 1. The van der Waals surface area contributed by atoms with Crippen molar-refractivity contribution in [2.75, 3.05) is 13.0 Å². The number of ether oxygens (including phenoxy) is 1. The van der Waals surface area contributed by atoms with Crippen molar-refractivity contribution >= 4 is 23.4 Å². The van der Waals surface area contributed by atoms with Crippen LogP contribution in [0.4, 0.5) is 0 Å². The highest BCUT2D eigenvalue weighted by molar-refractivity contribution is 6.27. The van der Waals surface area contributed by atoms with Gasteiger partial charge in [-0.15, -0.1) is 11.6 Å². The number of methoxy groups -OCH3 is 1. The zero-order valence-corrected chi connectivity index (χ0v) is 19.0. The Kier molecular flexibility index (Phi) is 8.35. The van der Waals surface area contributed by atoms with Crippen molar-refractivity contribution in [3.05, 3.63) is 65.2 Å². The molecular weight excluding hydrogens is 412 g/mol. The minimum atomic E-state index is -0.764. The van der Waals surface area contributed by atoms with Gasteiger partial charge in [0.15, 0.2) is 0 Å². The number of rotatable bonds is 8. The first-order chi connectivity index (χ1) is 15.0. The van der Waals surface area contributed by atoms with E-state index in [2.05, 4.69) is 5.32 Å². The first kappa shape index (κ1) is 23.1. The van der Waals surface area contributed by atoms with Crippen molar-refractivity contribution in [1.82, 2.24) is 10.2 Å². The number of hydrogen-bond acceptors (Lipinski definition) is 3. The highest BCUT2D eigenvalue weighted by Crippen LogP contribution is 2.27. The van der Waals surface area contributed by atoms with Gasteiger partial charge in [0.05, 0.1) is 7.11 Å². The molecule has 0 spiro atoms. The lowest BCUT2D eigenvalue weighted by molar-refractivity contribution is -0.140. The van der Waals surface area contributed by atoms with Gasteiger partial charge in [-0.25, -0.2) is 0 Å². The Morgan fingerprint density at radius 2 is 1.71 bits per heavy atom. The van der Waals surface area contributed by atoms with E-state index in [9.17, 15) is 9.59 Å². The van der Waals surface area contributed by atoms with Crippen molar-refractivity contribution in [2.45, 2.75) is 57.7 Å². The van der Waals surface area contributed by atoms with Crippen molar-refractivity contribution in [1.29, 1.82) is 0 Å². The van der Waals surface area contributed by atoms with Gasteiger partial charge in [0.1, 0.15) is 17.7 Å². The van der Waals surface area contributed by atoms with Crippen LogP contribution in [-0.4, -0.2) is 35.7 Å². The van der Waals surface area contributed by atoms with Crippen molar-refractivity contribution in [2.24, 2.45) is 0 Å². The molecule has 5 nitrogen and oxygen atoms in total. The van der Waals surface area contributed by atoms with Crippen LogP contribution in [0.2, 0.25) is 0 Å². The van der Waals surface area contributed by atoms with Crippen LogP contribution < -0.4 is 10.1 Å². The molecule has 1 saturated carbocycles. The number of aryl methyl sites for hydroxylation is 1. The van der Waals surface area contributed by atoms with Crippen LogP contribution in [0.5, 0.6) is 5.75 Å². The first-order valence-electron chi connectivity index (χ1n) is 10.9. The molecule has 166 valence electrons. The quantitative estimate of drug-likeness (QED) is 0.599. The third kappa shape index (κ3) is 6.23. The van der Waals surface area contributed by atoms with E-state index in [-0.39, 0.29) is 23.7 Å². The minimum Gasteiger partial charge on any atom is -0.497 e. The van der Waals surface area contributed by atoms with Gasteiger partial charge in [-0.3, -0.25) is 9.59 Å². The fraction of sp³-hybridized carbons (Fsp3) is 0.440. The average molecular weight is 443 g/mol. The van der Waals surface area contributed by atoms with Gasteiger partial charge >= 0.3 is 0 Å². The van der Waals surface area contributed by atoms with E-state index < -0.39 is 6.04 Å². The molecule has 6 heteroatoms. The summed E-state index contributed by atoms with van der Waals surface area (Å²) in [5, 5.41) is 3.19. The summed E-state index contributed by atoms with van der Waals surface area (Å²) >= 11 is 5.97. The minimum absolute atomic E-state index is 0.148. The van der Waals surface area contributed by atoms with Crippen LogP contribution in [0.15, 0.2) is 48.5 Å². The number of halogens is 1. The molecule has 1 aliphatic carbocycles. The lowest BCUT2D eigenvalue weighted by Crippen LogP contribution is -2.47. The highest BCUT2D eigenvalue weighted by atomic mass is 35.5. The Morgan fingerprint density at radius 3 is 2.29 bits per heavy atom. The smallest absolute Gasteiger partial charge is 0.247 e. The number of carbonyl (C=O) groups excluding carboxylic acids is 2. The summed E-state index contributed by atoms with van der Waals surface area (Å²) in [6, 6.07) is 14.7. The molecule has 0 saturated heterocycles. The molecule has 31 heavy (non-hydrogen) atoms. The van der Waals surface area contributed by atoms with Crippen molar-refractivity contribution < 1.29 is 14.3 Å². The lowest BCUT2D eigenvalue weighted by Gasteiger charge is -2.33. The predicted molar refractivity (Wildman–Crippen MR) is 123 cm³/mol. The van der Waals surface area contributed by atoms with Gasteiger partial charge in [0, 0.05) is 12.6 Å². The van der Waals surface area contributed by atoms with E-state index in [0.717, 1.165) is 42.4 Å². The van der Waals surface area contributed by atoms with Crippen LogP contribution >= 0.6 is 11.6 Å². The summed E-state index contributed by atoms with van der Waals surface area (Å²) in [7, 11) is 1.60. The molecular formula is C25H31ClN2O3. The summed E-state index contributed by atoms with van der Waals surface area (Å²) < 4.78 is 5.26. The lowest BCUT2D eigenvalue weighted by atomic mass is 9.94. The van der Waals surface area contributed by atoms with E-state index in [0.29, 0.717) is 12.3 Å². The molecule has 0 bridgehead atoms. The number of hydrogen-bond donors (Lipinski definition) is 1. The zero-order chi connectivity index (χ0) is 22.2. The van der Waals surface area contributed by atoms with Gasteiger partial charge in [-0.1, -0.05) is 61.2 Å². The van der Waals surface area contributed by atoms with Gasteiger partial charge in [0.2, 0.25) is 11.8 Å². The Hall–Kier alpha value is -2.53. The SMILES string of the molecule is COc1ccc(C(C(=O)NC2CCCCC2)N(Cc2ccc(C)cc2)C(=O)CCl)cc1. The first-order valence-corrected chi connectivity index (χ1v) is 11.4. The summed E-state index contributed by atoms with van der Waals surface area (Å²) in [6.45, 7) is 2.32. The molecule has 0 heterocycles. The van der Waals surface area contributed by atoms with Crippen LogP contribution in [0.25, 0.3) is 0 Å². The average Bonchev–Trinajstić information content (AvgIpc) is 2.80. The largest absolute Gasteiger partial charge is 0.497 e. The maximum atomic E-state index is 13.5. The van der Waals surface area contributed by atoms with E-state index in [1.54, 1.807) is 12.0 Å². The van der Waals surface area contributed by atoms with Gasteiger partial charge < -0.3 is 15.0 Å². The summed E-state index contributed by atoms with van der Waals surface area (Å²) in [4.78, 5) is 28.0. The standard InChI is InChI=1S/C25H31ClN2O3/c1-18-8-10-19(11-9-18)17-28(23(29)16-26)24(20-12-14-22(31-2)15-13-20)25(30)27-21-6-4-3-5-7-21/h8-15,21,24H,3-7,16-17H2,1-2H3,(H,27,30). The molecule has 3 rings (SSSR count). The fourth-order valence-corrected chi connectivity index (χ4v) is 4.23. The summed E-state index contributed by atoms with van der Waals surface area (Å²) in [5.74, 6) is 0.0725. The van der Waals surface area contributed by atoms with Gasteiger partial charge in [-0.2, -0.15) is 0 Å². The van der Waals surface area contributed by atoms with Gasteiger partial charge in [-0.05, 0) is 43.0 Å². The van der Waals surface area contributed by atoms with E-state index in [4.69, 9.17) is 16.3 Å². The number of amides is 2. The fourth-order valence-electron chi connectivity index (χ4n) is 4.08. The molecule has 0 aromatic heterocycles. The highest BCUT2D eigenvalue weighted by Gasteiger charge is 2.32. The number of nitrogens with zero attached hydrogens (tertiary/aromatic N) is 1. The second-order valence-corrected chi connectivity index (χ2v) is 8.43. The maximum Gasteiger partial charge on any atom is 0.247 e. The van der Waals surface area contributed by atoms with Crippen molar-refractivity contribution in [3.8, 4) is 5.75 Å². The Labute approximate surface area is 189 Å². The zero-order valence-electron chi connectivity index (χ0n) is 18.3. The molecule has 1 fully saturated rings. The number of alkyl halides is 1. The molecule has 2 amide bonds. The molecule has 1 N–H and O–H groups in total. The normalized spacial score (nSPS) is 15.2. The molecule has 1 atom stereocenters. The van der Waals surface area contributed by atoms with E-state index in [1.165, 1.54) is 6.42 Å². The van der Waals surface area contributed by atoms with Crippen molar-refractivity contribution in [3.63, 3.8) is 0 Å². The van der Waals surface area contributed by atoms with E-state index >= 15 is 0 Å². The topological polar surface area (TPSA) is 58.6 Å². The Morgan fingerprint density at radius 1 is 1.06 bits per heavy atom. The Balaban J connectivity index is 1.93. The predicted octanol–water partition coefficient (Wildman–Crippen LogP) is 4.76. The summed E-state index contributed by atoms with van der Waals surface area (Å²) in [5.41, 5.74) is 2.83. The maximum absolute atomic E-state index is 13.5. The number of carbonyl (C=O) groups is 2.